The topological polar surface area (TPSA) is 55.6 Å². The molecule has 1 amide bonds. The normalized spacial score (nSPS) is 28.9. The highest BCUT2D eigenvalue weighted by Gasteiger charge is 2.38. The molecule has 17 heavy (non-hydrogen) atoms. The lowest BCUT2D eigenvalue weighted by Gasteiger charge is -2.42. The Balaban J connectivity index is 2.70. The first kappa shape index (κ1) is 14.5. The summed E-state index contributed by atoms with van der Waals surface area (Å²) in [5.74, 6) is 0.0577. The molecule has 0 aromatic rings. The van der Waals surface area contributed by atoms with Crippen LogP contribution in [-0.4, -0.2) is 42.1 Å². The number of hydrogen-bond acceptors (Lipinski definition) is 3. The van der Waals surface area contributed by atoms with Crippen LogP contribution in [0.1, 0.15) is 46.5 Å². The fourth-order valence-corrected chi connectivity index (χ4v) is 2.53. The first-order valence-corrected chi connectivity index (χ1v) is 6.48. The van der Waals surface area contributed by atoms with E-state index in [0.717, 1.165) is 32.2 Å². The second kappa shape index (κ2) is 5.36. The monoisotopic (exact) mass is 242 g/mol. The van der Waals surface area contributed by atoms with Crippen molar-refractivity contribution in [1.82, 2.24) is 4.90 Å². The Hall–Kier alpha value is -0.610. The van der Waals surface area contributed by atoms with E-state index in [1.54, 1.807) is 7.11 Å². The molecule has 2 unspecified atom stereocenters. The molecule has 1 fully saturated rings. The third-order valence-corrected chi connectivity index (χ3v) is 3.70. The van der Waals surface area contributed by atoms with E-state index in [1.165, 1.54) is 0 Å². The zero-order valence-corrected chi connectivity index (χ0v) is 11.6. The van der Waals surface area contributed by atoms with Crippen molar-refractivity contribution >= 4 is 5.91 Å². The lowest BCUT2D eigenvalue weighted by molar-refractivity contribution is -0.144. The molecule has 1 aliphatic heterocycles. The molecule has 0 aromatic carbocycles. The smallest absolute Gasteiger partial charge is 0.242 e. The summed E-state index contributed by atoms with van der Waals surface area (Å²) >= 11 is 0. The second-order valence-electron chi connectivity index (χ2n) is 5.65. The molecule has 1 aliphatic rings. The number of nitrogens with zero attached hydrogens (tertiary/aromatic N) is 1. The third kappa shape index (κ3) is 3.42. The van der Waals surface area contributed by atoms with Crippen molar-refractivity contribution in [3.8, 4) is 0 Å². The first-order valence-electron chi connectivity index (χ1n) is 6.48. The predicted molar refractivity (Wildman–Crippen MR) is 68.7 cm³/mol. The Morgan fingerprint density at radius 1 is 1.59 bits per heavy atom. The summed E-state index contributed by atoms with van der Waals surface area (Å²) < 4.78 is 5.50. The Morgan fingerprint density at radius 3 is 2.76 bits per heavy atom. The molecule has 0 radical (unpaired) electrons. The van der Waals surface area contributed by atoms with E-state index in [0.29, 0.717) is 6.54 Å². The highest BCUT2D eigenvalue weighted by molar-refractivity contribution is 5.85. The zero-order chi connectivity index (χ0) is 13.1. The van der Waals surface area contributed by atoms with Crippen molar-refractivity contribution in [3.63, 3.8) is 0 Å². The summed E-state index contributed by atoms with van der Waals surface area (Å²) in [5.41, 5.74) is 5.15. The van der Waals surface area contributed by atoms with E-state index >= 15 is 0 Å². The number of nitrogens with two attached hydrogens (primary N) is 1. The summed E-state index contributed by atoms with van der Waals surface area (Å²) in [4.78, 5) is 14.2. The number of ether oxygens (including phenoxy) is 1. The lowest BCUT2D eigenvalue weighted by atomic mass is 9.90. The molecule has 2 N–H and O–H groups in total. The van der Waals surface area contributed by atoms with Gasteiger partial charge in [0.1, 0.15) is 0 Å². The summed E-state index contributed by atoms with van der Waals surface area (Å²) in [6.07, 6.45) is 3.64. The maximum absolute atomic E-state index is 12.4. The standard InChI is InChI=1S/C13H26N2O2/c1-5-7-13(3,14)11(16)15-9-6-8-12(2,10-15)17-4/h5-10,14H2,1-4H3. The molecule has 0 spiro atoms. The number of rotatable bonds is 4. The maximum Gasteiger partial charge on any atom is 0.242 e. The summed E-state index contributed by atoms with van der Waals surface area (Å²) in [6, 6.07) is 0. The van der Waals surface area contributed by atoms with Crippen LogP contribution in [0.3, 0.4) is 0 Å². The zero-order valence-electron chi connectivity index (χ0n) is 11.6. The fourth-order valence-electron chi connectivity index (χ4n) is 2.53. The molecule has 0 saturated carbocycles. The van der Waals surface area contributed by atoms with Gasteiger partial charge in [0.15, 0.2) is 0 Å². The fraction of sp³-hybridized carbons (Fsp3) is 0.923. The van der Waals surface area contributed by atoms with Gasteiger partial charge in [0.2, 0.25) is 5.91 Å². The van der Waals surface area contributed by atoms with Gasteiger partial charge in [-0.15, -0.1) is 0 Å². The maximum atomic E-state index is 12.4. The molecule has 0 aliphatic carbocycles. The number of carbonyl (C=O) groups is 1. The van der Waals surface area contributed by atoms with Crippen molar-refractivity contribution in [2.24, 2.45) is 5.73 Å². The third-order valence-electron chi connectivity index (χ3n) is 3.70. The van der Waals surface area contributed by atoms with Crippen LogP contribution in [0, 0.1) is 0 Å². The SMILES string of the molecule is CCCC(C)(N)C(=O)N1CCCC(C)(OC)C1. The Bertz CT molecular complexity index is 279. The number of methoxy groups -OCH3 is 1. The van der Waals surface area contributed by atoms with Gasteiger partial charge in [-0.25, -0.2) is 0 Å². The van der Waals surface area contributed by atoms with Crippen molar-refractivity contribution in [2.45, 2.75) is 57.6 Å². The number of piperidine rings is 1. The van der Waals surface area contributed by atoms with Crippen LogP contribution in [0.2, 0.25) is 0 Å². The van der Waals surface area contributed by atoms with Crippen LogP contribution in [0.25, 0.3) is 0 Å². The van der Waals surface area contributed by atoms with Gasteiger partial charge in [-0.3, -0.25) is 4.79 Å². The van der Waals surface area contributed by atoms with Crippen LogP contribution in [0.5, 0.6) is 0 Å². The van der Waals surface area contributed by atoms with Crippen molar-refractivity contribution in [2.75, 3.05) is 20.2 Å². The van der Waals surface area contributed by atoms with E-state index in [4.69, 9.17) is 10.5 Å². The Morgan fingerprint density at radius 2 is 2.24 bits per heavy atom. The van der Waals surface area contributed by atoms with E-state index in [9.17, 15) is 4.79 Å². The van der Waals surface area contributed by atoms with Gasteiger partial charge in [-0.05, 0) is 33.1 Å². The molecule has 100 valence electrons. The largest absolute Gasteiger partial charge is 0.377 e. The van der Waals surface area contributed by atoms with Gasteiger partial charge in [0.05, 0.1) is 11.1 Å². The minimum absolute atomic E-state index is 0.0577. The minimum atomic E-state index is -0.735. The number of carbonyl (C=O) groups excluding carboxylic acids is 1. The van der Waals surface area contributed by atoms with Crippen molar-refractivity contribution in [1.29, 1.82) is 0 Å². The summed E-state index contributed by atoms with van der Waals surface area (Å²) in [6.45, 7) is 7.39. The van der Waals surface area contributed by atoms with Crippen LogP contribution < -0.4 is 5.73 Å². The van der Waals surface area contributed by atoms with Crippen LogP contribution >= 0.6 is 0 Å². The minimum Gasteiger partial charge on any atom is -0.377 e. The highest BCUT2D eigenvalue weighted by atomic mass is 16.5. The van der Waals surface area contributed by atoms with Crippen LogP contribution in [0.4, 0.5) is 0 Å². The van der Waals surface area contributed by atoms with E-state index in [1.807, 2.05) is 18.7 Å². The number of hydrogen-bond donors (Lipinski definition) is 1. The van der Waals surface area contributed by atoms with Crippen LogP contribution in [0.15, 0.2) is 0 Å². The van der Waals surface area contributed by atoms with Gasteiger partial charge in [-0.2, -0.15) is 0 Å². The van der Waals surface area contributed by atoms with E-state index in [-0.39, 0.29) is 11.5 Å². The molecule has 0 aromatic heterocycles. The van der Waals surface area contributed by atoms with Crippen LogP contribution in [-0.2, 0) is 9.53 Å². The molecule has 1 heterocycles. The van der Waals surface area contributed by atoms with Gasteiger partial charge in [-0.1, -0.05) is 13.3 Å². The van der Waals surface area contributed by atoms with Crippen molar-refractivity contribution in [3.05, 3.63) is 0 Å². The number of amides is 1. The van der Waals surface area contributed by atoms with Gasteiger partial charge in [0.25, 0.3) is 0 Å². The van der Waals surface area contributed by atoms with E-state index < -0.39 is 5.54 Å². The Kier molecular flexibility index (Phi) is 4.55. The van der Waals surface area contributed by atoms with E-state index in [2.05, 4.69) is 6.92 Å². The van der Waals surface area contributed by atoms with Gasteiger partial charge < -0.3 is 15.4 Å². The number of likely N-dealkylation sites (tertiary alicyclic amines) is 1. The molecule has 4 nitrogen and oxygen atoms in total. The summed E-state index contributed by atoms with van der Waals surface area (Å²) in [5, 5.41) is 0. The quantitative estimate of drug-likeness (QED) is 0.813. The molecule has 4 heteroatoms. The molecule has 1 saturated heterocycles. The molecule has 0 bridgehead atoms. The second-order valence-corrected chi connectivity index (χ2v) is 5.65. The van der Waals surface area contributed by atoms with Crippen molar-refractivity contribution < 1.29 is 9.53 Å². The van der Waals surface area contributed by atoms with Gasteiger partial charge >= 0.3 is 0 Å². The lowest BCUT2D eigenvalue weighted by Crippen LogP contribution is -2.58. The first-order chi connectivity index (χ1) is 7.84. The highest BCUT2D eigenvalue weighted by Crippen LogP contribution is 2.26. The molecule has 1 rings (SSSR count). The average Bonchev–Trinajstić information content (AvgIpc) is 2.28. The predicted octanol–water partition coefficient (Wildman–Crippen LogP) is 1.53. The molecule has 2 atom stereocenters. The molecular formula is C13H26N2O2. The Labute approximate surface area is 104 Å². The molecular weight excluding hydrogens is 216 g/mol. The average molecular weight is 242 g/mol. The van der Waals surface area contributed by atoms with Gasteiger partial charge in [0, 0.05) is 20.2 Å². The summed E-state index contributed by atoms with van der Waals surface area (Å²) in [7, 11) is 1.71.